The van der Waals surface area contributed by atoms with Gasteiger partial charge in [-0.05, 0) is 70.3 Å². The van der Waals surface area contributed by atoms with Crippen LogP contribution in [0.15, 0.2) is 24.3 Å². The van der Waals surface area contributed by atoms with E-state index in [1.807, 2.05) is 36.1 Å². The van der Waals surface area contributed by atoms with Crippen LogP contribution >= 0.6 is 0 Å². The molecule has 4 rings (SSSR count). The predicted octanol–water partition coefficient (Wildman–Crippen LogP) is 2.49. The van der Waals surface area contributed by atoms with Crippen molar-refractivity contribution in [3.63, 3.8) is 0 Å². The van der Waals surface area contributed by atoms with Crippen molar-refractivity contribution in [2.45, 2.75) is 44.7 Å². The number of rotatable bonds is 5. The van der Waals surface area contributed by atoms with Gasteiger partial charge in [-0.2, -0.15) is 0 Å². The fourth-order valence-electron chi connectivity index (χ4n) is 5.62. The van der Waals surface area contributed by atoms with Gasteiger partial charge in [-0.25, -0.2) is 0 Å². The van der Waals surface area contributed by atoms with E-state index in [1.165, 1.54) is 0 Å². The first kappa shape index (κ1) is 20.2. The molecule has 0 saturated carbocycles. The maximum absolute atomic E-state index is 13.3. The number of hydrogen-bond donors (Lipinski definition) is 0. The average Bonchev–Trinajstić information content (AvgIpc) is 2.71. The number of carbonyl (C=O) groups is 2. The predicted molar refractivity (Wildman–Crippen MR) is 112 cm³/mol. The topological polar surface area (TPSA) is 53.1 Å². The molecular formula is C23H33N3O3. The number of fused-ring (bicyclic) bond motifs is 4. The van der Waals surface area contributed by atoms with Crippen LogP contribution in [0.2, 0.25) is 0 Å². The summed E-state index contributed by atoms with van der Waals surface area (Å²) in [6.07, 6.45) is 3.83. The summed E-state index contributed by atoms with van der Waals surface area (Å²) in [6, 6.07) is 7.99. The van der Waals surface area contributed by atoms with Crippen LogP contribution in [-0.4, -0.2) is 78.9 Å². The molecule has 6 heteroatoms. The van der Waals surface area contributed by atoms with E-state index >= 15 is 0 Å². The smallest absolute Gasteiger partial charge is 0.254 e. The van der Waals surface area contributed by atoms with Gasteiger partial charge in [-0.15, -0.1) is 0 Å². The number of ether oxygens (including phenoxy) is 1. The molecule has 6 nitrogen and oxygen atoms in total. The summed E-state index contributed by atoms with van der Waals surface area (Å²) < 4.78 is 5.58. The lowest BCUT2D eigenvalue weighted by molar-refractivity contribution is -0.152. The van der Waals surface area contributed by atoms with Crippen molar-refractivity contribution in [2.75, 3.05) is 40.3 Å². The number of likely N-dealkylation sites (N-methyl/N-ethyl adjacent to an activating group) is 1. The van der Waals surface area contributed by atoms with Crippen LogP contribution in [0.25, 0.3) is 0 Å². The maximum atomic E-state index is 13.3. The van der Waals surface area contributed by atoms with Crippen LogP contribution in [-0.2, 0) is 4.79 Å². The van der Waals surface area contributed by atoms with Crippen molar-refractivity contribution in [2.24, 2.45) is 11.8 Å². The highest BCUT2D eigenvalue weighted by Gasteiger charge is 2.50. The van der Waals surface area contributed by atoms with Gasteiger partial charge in [0.15, 0.2) is 0 Å². The Balaban J connectivity index is 1.57. The molecule has 2 amide bonds. The second-order valence-corrected chi connectivity index (χ2v) is 9.02. The Hall–Kier alpha value is -2.08. The maximum Gasteiger partial charge on any atom is 0.254 e. The summed E-state index contributed by atoms with van der Waals surface area (Å²) in [4.78, 5) is 32.5. The lowest BCUT2D eigenvalue weighted by Crippen LogP contribution is -2.67. The van der Waals surface area contributed by atoms with E-state index in [2.05, 4.69) is 23.9 Å². The number of amides is 2. The van der Waals surface area contributed by atoms with Crippen molar-refractivity contribution >= 4 is 11.8 Å². The highest BCUT2D eigenvalue weighted by atomic mass is 16.5. The average molecular weight is 400 g/mol. The number of piperidine rings is 3. The van der Waals surface area contributed by atoms with Crippen LogP contribution in [0, 0.1) is 11.8 Å². The summed E-state index contributed by atoms with van der Waals surface area (Å²) in [6.45, 7) is 4.87. The first-order chi connectivity index (χ1) is 14.0. The van der Waals surface area contributed by atoms with E-state index in [9.17, 15) is 9.59 Å². The van der Waals surface area contributed by atoms with Gasteiger partial charge >= 0.3 is 0 Å². The molecule has 2 bridgehead atoms. The largest absolute Gasteiger partial charge is 0.494 e. The first-order valence-corrected chi connectivity index (χ1v) is 11.0. The van der Waals surface area contributed by atoms with E-state index < -0.39 is 0 Å². The summed E-state index contributed by atoms with van der Waals surface area (Å²) in [5.74, 6) is 1.86. The fraction of sp³-hybridized carbons (Fsp3) is 0.652. The monoisotopic (exact) mass is 399 g/mol. The van der Waals surface area contributed by atoms with Crippen LogP contribution < -0.4 is 4.74 Å². The molecule has 1 aromatic carbocycles. The van der Waals surface area contributed by atoms with Gasteiger partial charge in [0.2, 0.25) is 5.91 Å². The SMILES string of the molecule is CCOc1cccc(C(=O)N2C[C@H]3C[C@@H](C2)[C@H](CN(C)C)N2C(=O)CCC[C@@H]32)c1. The lowest BCUT2D eigenvalue weighted by Gasteiger charge is -2.57. The third-order valence-electron chi connectivity index (χ3n) is 6.73. The molecule has 158 valence electrons. The third kappa shape index (κ3) is 4.00. The van der Waals surface area contributed by atoms with Gasteiger partial charge in [0.05, 0.1) is 6.61 Å². The minimum absolute atomic E-state index is 0.0837. The number of benzene rings is 1. The molecule has 3 heterocycles. The molecule has 0 N–H and O–H groups in total. The zero-order valence-electron chi connectivity index (χ0n) is 17.8. The molecule has 0 spiro atoms. The minimum atomic E-state index is 0.0837. The second-order valence-electron chi connectivity index (χ2n) is 9.02. The Morgan fingerprint density at radius 3 is 2.79 bits per heavy atom. The van der Waals surface area contributed by atoms with Gasteiger partial charge in [0.1, 0.15) is 5.75 Å². The molecule has 3 aliphatic heterocycles. The summed E-state index contributed by atoms with van der Waals surface area (Å²) in [5.41, 5.74) is 0.691. The van der Waals surface area contributed by atoms with Crippen molar-refractivity contribution in [1.82, 2.24) is 14.7 Å². The number of carbonyl (C=O) groups excluding carboxylic acids is 2. The van der Waals surface area contributed by atoms with E-state index in [1.54, 1.807) is 0 Å². The van der Waals surface area contributed by atoms with Crippen molar-refractivity contribution in [3.8, 4) is 5.75 Å². The Labute approximate surface area is 173 Å². The molecule has 4 atom stereocenters. The van der Waals surface area contributed by atoms with E-state index in [0.29, 0.717) is 36.3 Å². The lowest BCUT2D eigenvalue weighted by atomic mass is 9.72. The third-order valence-corrected chi connectivity index (χ3v) is 6.73. The number of nitrogens with zero attached hydrogens (tertiary/aromatic N) is 3. The molecule has 29 heavy (non-hydrogen) atoms. The molecule has 3 fully saturated rings. The van der Waals surface area contributed by atoms with Crippen LogP contribution in [0.1, 0.15) is 43.0 Å². The Bertz CT molecular complexity index is 765. The van der Waals surface area contributed by atoms with Crippen LogP contribution in [0.5, 0.6) is 5.75 Å². The highest BCUT2D eigenvalue weighted by molar-refractivity contribution is 5.94. The molecule has 0 radical (unpaired) electrons. The molecule has 0 aliphatic carbocycles. The quantitative estimate of drug-likeness (QED) is 0.763. The van der Waals surface area contributed by atoms with Gasteiger partial charge in [0, 0.05) is 43.7 Å². The number of likely N-dealkylation sites (tertiary alicyclic amines) is 1. The Morgan fingerprint density at radius 1 is 1.24 bits per heavy atom. The highest BCUT2D eigenvalue weighted by Crippen LogP contribution is 2.42. The Morgan fingerprint density at radius 2 is 2.03 bits per heavy atom. The summed E-state index contributed by atoms with van der Waals surface area (Å²) >= 11 is 0. The van der Waals surface area contributed by atoms with Gasteiger partial charge in [-0.1, -0.05) is 6.07 Å². The normalized spacial score (nSPS) is 29.0. The van der Waals surface area contributed by atoms with Crippen molar-refractivity contribution in [1.29, 1.82) is 0 Å². The fourth-order valence-corrected chi connectivity index (χ4v) is 5.62. The van der Waals surface area contributed by atoms with Crippen LogP contribution in [0.3, 0.4) is 0 Å². The van der Waals surface area contributed by atoms with Crippen LogP contribution in [0.4, 0.5) is 0 Å². The molecule has 3 aliphatic rings. The van der Waals surface area contributed by atoms with Gasteiger partial charge in [-0.3, -0.25) is 9.59 Å². The molecule has 1 aromatic rings. The molecule has 0 unspecified atom stereocenters. The first-order valence-electron chi connectivity index (χ1n) is 11.0. The Kier molecular flexibility index (Phi) is 5.81. The standard InChI is InChI=1S/C23H33N3O3/c1-4-29-19-8-5-7-16(12-19)23(28)25-13-17-11-18(14-25)21(15-24(2)3)26-20(17)9-6-10-22(26)27/h5,7-8,12,17-18,20-21H,4,6,9-11,13-15H2,1-3H3/t17-,18+,20+,21+/m1/s1. The molecule has 0 aromatic heterocycles. The second kappa shape index (κ2) is 8.34. The van der Waals surface area contributed by atoms with E-state index in [4.69, 9.17) is 4.74 Å². The van der Waals surface area contributed by atoms with Crippen molar-refractivity contribution in [3.05, 3.63) is 29.8 Å². The van der Waals surface area contributed by atoms with Gasteiger partial charge in [0.25, 0.3) is 5.91 Å². The summed E-state index contributed by atoms with van der Waals surface area (Å²) in [7, 11) is 4.14. The number of hydrogen-bond acceptors (Lipinski definition) is 4. The van der Waals surface area contributed by atoms with Gasteiger partial charge < -0.3 is 19.4 Å². The molecular weight excluding hydrogens is 366 g/mol. The zero-order chi connectivity index (χ0) is 20.5. The van der Waals surface area contributed by atoms with E-state index in [0.717, 1.165) is 44.6 Å². The van der Waals surface area contributed by atoms with Crippen molar-refractivity contribution < 1.29 is 14.3 Å². The van der Waals surface area contributed by atoms with E-state index in [-0.39, 0.29) is 18.0 Å². The molecule has 3 saturated heterocycles. The minimum Gasteiger partial charge on any atom is -0.494 e. The summed E-state index contributed by atoms with van der Waals surface area (Å²) in [5, 5.41) is 0. The zero-order valence-corrected chi connectivity index (χ0v) is 17.8.